The van der Waals surface area contributed by atoms with Crippen LogP contribution in [0.25, 0.3) is 0 Å². The van der Waals surface area contributed by atoms with Crippen LogP contribution in [0.4, 0.5) is 0 Å². The molecule has 1 atom stereocenters. The van der Waals surface area contributed by atoms with Crippen LogP contribution in [0.3, 0.4) is 0 Å². The van der Waals surface area contributed by atoms with E-state index < -0.39 is 6.00 Å². The Morgan fingerprint density at radius 3 is 2.17 bits per heavy atom. The third-order valence-electron chi connectivity index (χ3n) is 1.66. The Balaban J connectivity index is 3.40. The monoisotopic (exact) mass is 266 g/mol. The summed E-state index contributed by atoms with van der Waals surface area (Å²) in [5.74, 6) is 1.25. The van der Waals surface area contributed by atoms with Crippen LogP contribution in [0, 0.1) is 5.92 Å². The average Bonchev–Trinajstić information content (AvgIpc) is 1.84. The van der Waals surface area contributed by atoms with Crippen LogP contribution < -0.4 is 0 Å². The Hall–Kier alpha value is 1.38. The van der Waals surface area contributed by atoms with Crippen molar-refractivity contribution in [3.05, 3.63) is 0 Å². The predicted octanol–water partition coefficient (Wildman–Crippen LogP) is 4.69. The van der Waals surface area contributed by atoms with E-state index in [9.17, 15) is 0 Å². The minimum absolute atomic E-state index is 0.521. The Morgan fingerprint density at radius 1 is 1.17 bits per heavy atom. The second-order valence-corrected chi connectivity index (χ2v) is 12.7. The van der Waals surface area contributed by atoms with Gasteiger partial charge in [0.1, 0.15) is 0 Å². The van der Waals surface area contributed by atoms with Crippen molar-refractivity contribution in [2.45, 2.75) is 32.2 Å². The van der Waals surface area contributed by atoms with Crippen molar-refractivity contribution in [1.29, 1.82) is 0 Å². The van der Waals surface area contributed by atoms with Gasteiger partial charge in [0.15, 0.2) is 0 Å². The molecule has 0 fully saturated rings. The average molecular weight is 268 g/mol. The summed E-state index contributed by atoms with van der Waals surface area (Å²) in [7, 11) is 0. The maximum atomic E-state index is 5.78. The van der Waals surface area contributed by atoms with Gasteiger partial charge in [-0.1, -0.05) is 19.8 Å². The summed E-state index contributed by atoms with van der Waals surface area (Å²) >= 11 is 22.9. The van der Waals surface area contributed by atoms with E-state index in [2.05, 4.69) is 6.92 Å². The third kappa shape index (κ3) is 9.46. The van der Waals surface area contributed by atoms with E-state index in [4.69, 9.17) is 44.8 Å². The highest BCUT2D eigenvalue weighted by atomic mass is 35.8. The normalized spacial score (nSPS) is 14.8. The molecule has 0 rings (SSSR count). The van der Waals surface area contributed by atoms with Gasteiger partial charge < -0.3 is 0 Å². The molecular formula is C7H14Cl4Si. The molecule has 0 aromatic carbocycles. The number of unbranched alkanes of at least 4 members (excludes halogenated alkanes) is 1. The second-order valence-electron chi connectivity index (χ2n) is 3.11. The summed E-state index contributed by atoms with van der Waals surface area (Å²) in [6.07, 6.45) is 3.32. The van der Waals surface area contributed by atoms with Gasteiger partial charge in [0.05, 0.1) is 0 Å². The molecule has 0 N–H and O–H groups in total. The highest BCUT2D eigenvalue weighted by Gasteiger charge is 2.27. The molecule has 0 saturated heterocycles. The first kappa shape index (κ1) is 13.4. The molecule has 0 nitrogen and oxygen atoms in total. The van der Waals surface area contributed by atoms with Crippen LogP contribution in [0.1, 0.15) is 26.2 Å². The van der Waals surface area contributed by atoms with Crippen molar-refractivity contribution < 1.29 is 0 Å². The molecule has 0 radical (unpaired) electrons. The molecular weight excluding hydrogens is 254 g/mol. The second kappa shape index (κ2) is 6.78. The molecule has 0 bridgehead atoms. The maximum absolute atomic E-state index is 5.78. The molecule has 0 aliphatic heterocycles. The number of halogens is 4. The van der Waals surface area contributed by atoms with Crippen LogP contribution in [-0.2, 0) is 0 Å². The van der Waals surface area contributed by atoms with Gasteiger partial charge in [0.25, 0.3) is 0 Å². The van der Waals surface area contributed by atoms with Gasteiger partial charge in [-0.3, -0.25) is 0 Å². The van der Waals surface area contributed by atoms with E-state index in [0.29, 0.717) is 5.92 Å². The smallest absolute Gasteiger partial charge is 0.127 e. The summed E-state index contributed by atoms with van der Waals surface area (Å²) in [5.41, 5.74) is 0. The van der Waals surface area contributed by atoms with Gasteiger partial charge in [-0.2, -0.15) is 0 Å². The fourth-order valence-corrected chi connectivity index (χ4v) is 4.64. The number of hydrogen-bond acceptors (Lipinski definition) is 0. The lowest BCUT2D eigenvalue weighted by Gasteiger charge is -2.14. The SMILES string of the molecule is CC(CCCCCl)C[Si](Cl)(Cl)Cl. The summed E-state index contributed by atoms with van der Waals surface area (Å²) < 4.78 is 0. The Bertz CT molecular complexity index is 112. The largest absolute Gasteiger partial charge is 0.341 e. The van der Waals surface area contributed by atoms with Crippen molar-refractivity contribution in [1.82, 2.24) is 0 Å². The molecule has 0 amide bonds. The van der Waals surface area contributed by atoms with Crippen LogP contribution in [0.15, 0.2) is 0 Å². The fraction of sp³-hybridized carbons (Fsp3) is 1.00. The third-order valence-corrected chi connectivity index (χ3v) is 4.48. The predicted molar refractivity (Wildman–Crippen MR) is 61.9 cm³/mol. The Labute approximate surface area is 94.6 Å². The van der Waals surface area contributed by atoms with Gasteiger partial charge in [-0.25, -0.2) is 0 Å². The minimum atomic E-state index is -2.40. The van der Waals surface area contributed by atoms with Gasteiger partial charge >= 0.3 is 6.00 Å². The van der Waals surface area contributed by atoms with Gasteiger partial charge in [0.2, 0.25) is 0 Å². The molecule has 5 heteroatoms. The van der Waals surface area contributed by atoms with E-state index >= 15 is 0 Å². The zero-order valence-corrected chi connectivity index (χ0v) is 11.1. The molecule has 12 heavy (non-hydrogen) atoms. The number of hydrogen-bond donors (Lipinski definition) is 0. The van der Waals surface area contributed by atoms with E-state index in [-0.39, 0.29) is 0 Å². The summed E-state index contributed by atoms with van der Waals surface area (Å²) in [5, 5.41) is 0. The van der Waals surface area contributed by atoms with Crippen molar-refractivity contribution in [2.24, 2.45) is 5.92 Å². The summed E-state index contributed by atoms with van der Waals surface area (Å²) in [6.45, 7) is 2.13. The number of rotatable bonds is 6. The Morgan fingerprint density at radius 2 is 1.75 bits per heavy atom. The van der Waals surface area contributed by atoms with Crippen LogP contribution in [-0.4, -0.2) is 11.9 Å². The van der Waals surface area contributed by atoms with Gasteiger partial charge in [-0.15, -0.1) is 44.8 Å². The lowest BCUT2D eigenvalue weighted by atomic mass is 10.1. The first-order valence-electron chi connectivity index (χ1n) is 4.08. The molecule has 0 aromatic rings. The molecule has 0 aliphatic rings. The quantitative estimate of drug-likeness (QED) is 0.284. The summed E-state index contributed by atoms with van der Waals surface area (Å²) in [6, 6.07) is -1.63. The highest BCUT2D eigenvalue weighted by Crippen LogP contribution is 2.30. The van der Waals surface area contributed by atoms with Crippen molar-refractivity contribution in [3.8, 4) is 0 Å². The van der Waals surface area contributed by atoms with E-state index in [1.165, 1.54) is 0 Å². The number of alkyl halides is 1. The molecule has 0 saturated carbocycles. The van der Waals surface area contributed by atoms with Crippen molar-refractivity contribution in [2.75, 3.05) is 5.88 Å². The van der Waals surface area contributed by atoms with Gasteiger partial charge in [0, 0.05) is 5.88 Å². The fourth-order valence-electron chi connectivity index (χ4n) is 1.08. The molecule has 1 unspecified atom stereocenters. The molecule has 74 valence electrons. The van der Waals surface area contributed by atoms with Crippen molar-refractivity contribution in [3.63, 3.8) is 0 Å². The summed E-state index contributed by atoms with van der Waals surface area (Å²) in [4.78, 5) is 0. The first-order valence-corrected chi connectivity index (χ1v) is 9.86. The molecule has 0 heterocycles. The zero-order chi connectivity index (χ0) is 9.61. The van der Waals surface area contributed by atoms with Gasteiger partial charge in [-0.05, 0) is 18.4 Å². The van der Waals surface area contributed by atoms with Crippen LogP contribution >= 0.6 is 44.8 Å². The van der Waals surface area contributed by atoms with Crippen molar-refractivity contribution >= 4 is 50.8 Å². The molecule has 0 spiro atoms. The zero-order valence-electron chi connectivity index (χ0n) is 7.12. The van der Waals surface area contributed by atoms with Crippen LogP contribution in [0.2, 0.25) is 6.04 Å². The highest BCUT2D eigenvalue weighted by molar-refractivity contribution is 7.64. The van der Waals surface area contributed by atoms with E-state index in [0.717, 1.165) is 31.2 Å². The molecule has 0 aromatic heterocycles. The van der Waals surface area contributed by atoms with E-state index in [1.807, 2.05) is 0 Å². The maximum Gasteiger partial charge on any atom is 0.341 e. The first-order chi connectivity index (χ1) is 5.45. The van der Waals surface area contributed by atoms with Crippen LogP contribution in [0.5, 0.6) is 0 Å². The standard InChI is InChI=1S/C7H14Cl4Si/c1-7(4-2-3-5-8)6-12(9,10)11/h7H,2-6H2,1H3. The lowest BCUT2D eigenvalue weighted by molar-refractivity contribution is 0.549. The van der Waals surface area contributed by atoms with E-state index in [1.54, 1.807) is 0 Å². The lowest BCUT2D eigenvalue weighted by Crippen LogP contribution is -2.13. The Kier molecular flexibility index (Phi) is 7.55. The topological polar surface area (TPSA) is 0 Å². The molecule has 0 aliphatic carbocycles. The minimum Gasteiger partial charge on any atom is -0.127 e.